The molecular formula is C16H24. The Morgan fingerprint density at radius 1 is 1.06 bits per heavy atom. The summed E-state index contributed by atoms with van der Waals surface area (Å²) in [7, 11) is 0. The Morgan fingerprint density at radius 3 is 2.38 bits per heavy atom. The lowest BCUT2D eigenvalue weighted by Crippen LogP contribution is -1.81. The van der Waals surface area contributed by atoms with Crippen molar-refractivity contribution < 1.29 is 0 Å². The molecule has 1 aromatic carbocycles. The number of allylic oxidation sites excluding steroid dienone is 2. The van der Waals surface area contributed by atoms with Crippen molar-refractivity contribution in [3.63, 3.8) is 0 Å². The maximum atomic E-state index is 2.38. The highest BCUT2D eigenvalue weighted by Crippen LogP contribution is 2.16. The van der Waals surface area contributed by atoms with Gasteiger partial charge in [-0.15, -0.1) is 0 Å². The third-order valence-electron chi connectivity index (χ3n) is 3.02. The molecule has 1 rings (SSSR count). The lowest BCUT2D eigenvalue weighted by atomic mass is 10.0. The van der Waals surface area contributed by atoms with E-state index in [0.717, 1.165) is 0 Å². The molecule has 0 saturated heterocycles. The first-order valence-electron chi connectivity index (χ1n) is 6.48. The number of unbranched alkanes of at least 4 members (excludes halogenated alkanes) is 4. The molecule has 0 heterocycles. The first-order chi connectivity index (χ1) is 7.74. The second-order valence-electron chi connectivity index (χ2n) is 4.60. The summed E-state index contributed by atoms with van der Waals surface area (Å²) in [6.07, 6.45) is 8.99. The van der Waals surface area contributed by atoms with Crippen LogP contribution in [0.25, 0.3) is 5.57 Å². The molecule has 0 N–H and O–H groups in total. The van der Waals surface area contributed by atoms with Crippen molar-refractivity contribution in [1.82, 2.24) is 0 Å². The van der Waals surface area contributed by atoms with Gasteiger partial charge in [-0.1, -0.05) is 62.1 Å². The van der Waals surface area contributed by atoms with Gasteiger partial charge in [0.25, 0.3) is 0 Å². The van der Waals surface area contributed by atoms with E-state index in [1.54, 1.807) is 0 Å². The number of hydrogen-bond acceptors (Lipinski definition) is 0. The maximum absolute atomic E-state index is 2.38. The van der Waals surface area contributed by atoms with Gasteiger partial charge in [0.15, 0.2) is 0 Å². The predicted octanol–water partition coefficient (Wildman–Crippen LogP) is 5.37. The van der Waals surface area contributed by atoms with Crippen LogP contribution in [0.5, 0.6) is 0 Å². The molecule has 88 valence electrons. The molecule has 0 spiro atoms. The van der Waals surface area contributed by atoms with Crippen molar-refractivity contribution in [3.05, 3.63) is 41.5 Å². The first-order valence-corrected chi connectivity index (χ1v) is 6.48. The summed E-state index contributed by atoms with van der Waals surface area (Å²) in [6, 6.07) is 8.80. The molecule has 0 fully saturated rings. The zero-order valence-corrected chi connectivity index (χ0v) is 10.9. The highest BCUT2D eigenvalue weighted by Gasteiger charge is 1.94. The van der Waals surface area contributed by atoms with E-state index in [0.29, 0.717) is 0 Å². The van der Waals surface area contributed by atoms with Crippen molar-refractivity contribution in [2.24, 2.45) is 0 Å². The lowest BCUT2D eigenvalue weighted by Gasteiger charge is -2.02. The van der Waals surface area contributed by atoms with E-state index in [-0.39, 0.29) is 0 Å². The van der Waals surface area contributed by atoms with E-state index in [9.17, 15) is 0 Å². The number of hydrogen-bond donors (Lipinski definition) is 0. The number of aryl methyl sites for hydroxylation is 1. The third-order valence-corrected chi connectivity index (χ3v) is 3.02. The monoisotopic (exact) mass is 216 g/mol. The van der Waals surface area contributed by atoms with Crippen molar-refractivity contribution in [2.75, 3.05) is 0 Å². The average molecular weight is 216 g/mol. The second-order valence-corrected chi connectivity index (χ2v) is 4.60. The van der Waals surface area contributed by atoms with E-state index in [1.807, 2.05) is 0 Å². The van der Waals surface area contributed by atoms with Gasteiger partial charge < -0.3 is 0 Å². The normalized spacial score (nSPS) is 11.8. The van der Waals surface area contributed by atoms with Crippen molar-refractivity contribution in [1.29, 1.82) is 0 Å². The van der Waals surface area contributed by atoms with Gasteiger partial charge in [0.1, 0.15) is 0 Å². The fourth-order valence-electron chi connectivity index (χ4n) is 1.82. The van der Waals surface area contributed by atoms with Crippen LogP contribution in [0, 0.1) is 6.92 Å². The summed E-state index contributed by atoms with van der Waals surface area (Å²) in [5.74, 6) is 0. The van der Waals surface area contributed by atoms with Crippen LogP contribution in [0.2, 0.25) is 0 Å². The predicted molar refractivity (Wildman–Crippen MR) is 73.6 cm³/mol. The molecule has 0 heteroatoms. The van der Waals surface area contributed by atoms with E-state index in [2.05, 4.69) is 51.1 Å². The Bertz CT molecular complexity index is 316. The van der Waals surface area contributed by atoms with Crippen LogP contribution in [0.4, 0.5) is 0 Å². The van der Waals surface area contributed by atoms with Crippen LogP contribution in [-0.4, -0.2) is 0 Å². The fourth-order valence-corrected chi connectivity index (χ4v) is 1.82. The van der Waals surface area contributed by atoms with Crippen LogP contribution >= 0.6 is 0 Å². The molecule has 0 bridgehead atoms. The van der Waals surface area contributed by atoms with Gasteiger partial charge in [-0.25, -0.2) is 0 Å². The van der Waals surface area contributed by atoms with Crippen LogP contribution in [-0.2, 0) is 0 Å². The average Bonchev–Trinajstić information content (AvgIpc) is 2.29. The van der Waals surface area contributed by atoms with Gasteiger partial charge in [0.05, 0.1) is 0 Å². The third kappa shape index (κ3) is 4.65. The molecular weight excluding hydrogens is 192 g/mol. The van der Waals surface area contributed by atoms with Crippen LogP contribution < -0.4 is 0 Å². The molecule has 0 aliphatic carbocycles. The van der Waals surface area contributed by atoms with Gasteiger partial charge in [-0.3, -0.25) is 0 Å². The lowest BCUT2D eigenvalue weighted by molar-refractivity contribution is 0.675. The van der Waals surface area contributed by atoms with E-state index < -0.39 is 0 Å². The van der Waals surface area contributed by atoms with E-state index in [1.165, 1.54) is 48.8 Å². The van der Waals surface area contributed by atoms with Crippen LogP contribution in [0.1, 0.15) is 57.1 Å². The first kappa shape index (κ1) is 13.0. The minimum atomic E-state index is 1.22. The largest absolute Gasteiger partial charge is 0.0810 e. The fraction of sp³-hybridized carbons (Fsp3) is 0.500. The molecule has 0 unspecified atom stereocenters. The topological polar surface area (TPSA) is 0 Å². The molecule has 0 nitrogen and oxygen atoms in total. The molecule has 1 aromatic rings. The number of rotatable bonds is 6. The molecule has 0 radical (unpaired) electrons. The zero-order valence-electron chi connectivity index (χ0n) is 10.9. The Labute approximate surface area is 100 Å². The summed E-state index contributed by atoms with van der Waals surface area (Å²) in [4.78, 5) is 0. The number of benzene rings is 1. The van der Waals surface area contributed by atoms with Gasteiger partial charge in [0.2, 0.25) is 0 Å². The minimum absolute atomic E-state index is 1.22. The quantitative estimate of drug-likeness (QED) is 0.561. The Morgan fingerprint density at radius 2 is 1.75 bits per heavy atom. The second kappa shape index (κ2) is 7.27. The van der Waals surface area contributed by atoms with Crippen LogP contribution in [0.15, 0.2) is 30.3 Å². The van der Waals surface area contributed by atoms with Gasteiger partial charge >= 0.3 is 0 Å². The standard InChI is InChI=1S/C16H24/c1-4-5-6-7-8-9-15(3)16-12-10-14(2)11-13-16/h9-13H,4-8H2,1-3H3/b15-9-. The molecule has 0 aliphatic heterocycles. The molecule has 0 saturated carbocycles. The summed E-state index contributed by atoms with van der Waals surface area (Å²) in [5, 5.41) is 0. The van der Waals surface area contributed by atoms with Gasteiger partial charge in [0, 0.05) is 0 Å². The smallest absolute Gasteiger partial charge is 0.0230 e. The summed E-state index contributed by atoms with van der Waals surface area (Å²) >= 11 is 0. The highest BCUT2D eigenvalue weighted by molar-refractivity contribution is 5.63. The molecule has 0 amide bonds. The molecule has 16 heavy (non-hydrogen) atoms. The Kier molecular flexibility index (Phi) is 5.92. The summed E-state index contributed by atoms with van der Waals surface area (Å²) < 4.78 is 0. The SMILES string of the molecule is CCCCCC/C=C(/C)c1ccc(C)cc1. The molecule has 0 aromatic heterocycles. The van der Waals surface area contributed by atoms with Crippen molar-refractivity contribution in [3.8, 4) is 0 Å². The maximum Gasteiger partial charge on any atom is -0.0230 e. The summed E-state index contributed by atoms with van der Waals surface area (Å²) in [5.41, 5.74) is 4.11. The van der Waals surface area contributed by atoms with Gasteiger partial charge in [-0.2, -0.15) is 0 Å². The van der Waals surface area contributed by atoms with Gasteiger partial charge in [-0.05, 0) is 37.8 Å². The van der Waals surface area contributed by atoms with Crippen molar-refractivity contribution in [2.45, 2.75) is 52.9 Å². The Balaban J connectivity index is 2.41. The van der Waals surface area contributed by atoms with Crippen LogP contribution in [0.3, 0.4) is 0 Å². The molecule has 0 atom stereocenters. The molecule has 0 aliphatic rings. The van der Waals surface area contributed by atoms with Crippen molar-refractivity contribution >= 4 is 5.57 Å². The highest BCUT2D eigenvalue weighted by atomic mass is 14.0. The zero-order chi connectivity index (χ0) is 11.8. The summed E-state index contributed by atoms with van der Waals surface area (Å²) in [6.45, 7) is 6.60. The van der Waals surface area contributed by atoms with E-state index >= 15 is 0 Å². The Hall–Kier alpha value is -1.04. The minimum Gasteiger partial charge on any atom is -0.0810 e. The van der Waals surface area contributed by atoms with E-state index in [4.69, 9.17) is 0 Å².